The highest BCUT2D eigenvalue weighted by molar-refractivity contribution is 6.00. The Balaban J connectivity index is 1.69. The third-order valence-electron chi connectivity index (χ3n) is 6.15. The molecule has 0 saturated heterocycles. The number of hydrogen-bond acceptors (Lipinski definition) is 3. The number of carbonyl (C=O) groups excluding carboxylic acids is 1. The van der Waals surface area contributed by atoms with Crippen LogP contribution >= 0.6 is 0 Å². The second-order valence-electron chi connectivity index (χ2n) is 8.57. The summed E-state index contributed by atoms with van der Waals surface area (Å²) in [5.41, 5.74) is 7.74. The van der Waals surface area contributed by atoms with E-state index in [0.717, 1.165) is 33.4 Å². The highest BCUT2D eigenvalue weighted by Crippen LogP contribution is 2.46. The number of rotatable bonds is 4. The largest absolute Gasteiger partial charge is 0.507 e. The number of aromatic amines is 1. The second-order valence-corrected chi connectivity index (χ2v) is 8.57. The minimum atomic E-state index is -0.299. The molecule has 1 amide bonds. The molecule has 1 aliphatic heterocycles. The Morgan fingerprint density at radius 3 is 2.38 bits per heavy atom. The van der Waals surface area contributed by atoms with Crippen LogP contribution in [0.5, 0.6) is 5.75 Å². The van der Waals surface area contributed by atoms with E-state index in [2.05, 4.69) is 34.5 Å². The van der Waals surface area contributed by atoms with Gasteiger partial charge in [0.2, 0.25) is 0 Å². The molecule has 4 aromatic rings. The van der Waals surface area contributed by atoms with Gasteiger partial charge in [-0.05, 0) is 49.1 Å². The Kier molecular flexibility index (Phi) is 4.82. The van der Waals surface area contributed by atoms with Crippen LogP contribution in [0.2, 0.25) is 0 Å². The number of phenols is 1. The molecule has 0 spiro atoms. The molecule has 2 heterocycles. The molecule has 1 aromatic heterocycles. The van der Waals surface area contributed by atoms with Crippen LogP contribution in [0.1, 0.15) is 49.9 Å². The molecule has 160 valence electrons. The van der Waals surface area contributed by atoms with Crippen molar-refractivity contribution < 1.29 is 9.90 Å². The maximum Gasteiger partial charge on any atom is 0.273 e. The van der Waals surface area contributed by atoms with Gasteiger partial charge in [0.25, 0.3) is 5.91 Å². The SMILES string of the molecule is Cc1ccc(C2c3c(-c4c(C)cc(C)cc4O)n[nH]c3C(=O)N2Cc2ccccc2)cc1. The molecule has 0 aliphatic carbocycles. The van der Waals surface area contributed by atoms with Crippen LogP contribution in [0.3, 0.4) is 0 Å². The number of amides is 1. The van der Waals surface area contributed by atoms with Crippen LogP contribution in [0.25, 0.3) is 11.3 Å². The van der Waals surface area contributed by atoms with Gasteiger partial charge >= 0.3 is 0 Å². The van der Waals surface area contributed by atoms with E-state index in [0.29, 0.717) is 23.5 Å². The molecule has 1 aliphatic rings. The Bertz CT molecular complexity index is 1280. The molecule has 0 bridgehead atoms. The third kappa shape index (κ3) is 3.26. The Morgan fingerprint density at radius 2 is 1.69 bits per heavy atom. The van der Waals surface area contributed by atoms with Crippen LogP contribution in [0.15, 0.2) is 66.7 Å². The fraction of sp³-hybridized carbons (Fsp3) is 0.185. The fourth-order valence-corrected chi connectivity index (χ4v) is 4.68. The van der Waals surface area contributed by atoms with Gasteiger partial charge in [-0.25, -0.2) is 0 Å². The quantitative estimate of drug-likeness (QED) is 0.458. The minimum Gasteiger partial charge on any atom is -0.507 e. The molecule has 0 fully saturated rings. The summed E-state index contributed by atoms with van der Waals surface area (Å²) in [5.74, 6) is 0.0887. The number of hydrogen-bond donors (Lipinski definition) is 2. The summed E-state index contributed by atoms with van der Waals surface area (Å²) < 4.78 is 0. The first-order valence-corrected chi connectivity index (χ1v) is 10.7. The molecule has 0 radical (unpaired) electrons. The van der Waals surface area contributed by atoms with Crippen LogP contribution in [0.4, 0.5) is 0 Å². The van der Waals surface area contributed by atoms with E-state index in [1.54, 1.807) is 6.07 Å². The summed E-state index contributed by atoms with van der Waals surface area (Å²) in [6, 6.07) is 21.7. The molecule has 0 saturated carbocycles. The molecule has 5 nitrogen and oxygen atoms in total. The van der Waals surface area contributed by atoms with Gasteiger partial charge in [-0.15, -0.1) is 0 Å². The lowest BCUT2D eigenvalue weighted by atomic mass is 9.92. The molecule has 2 N–H and O–H groups in total. The van der Waals surface area contributed by atoms with Crippen molar-refractivity contribution in [1.29, 1.82) is 0 Å². The van der Waals surface area contributed by atoms with Crippen LogP contribution in [-0.4, -0.2) is 26.1 Å². The van der Waals surface area contributed by atoms with Gasteiger partial charge in [0.15, 0.2) is 0 Å². The van der Waals surface area contributed by atoms with Crippen molar-refractivity contribution in [1.82, 2.24) is 15.1 Å². The van der Waals surface area contributed by atoms with E-state index < -0.39 is 0 Å². The molecular weight excluding hydrogens is 398 g/mol. The third-order valence-corrected chi connectivity index (χ3v) is 6.15. The van der Waals surface area contributed by atoms with Crippen molar-refractivity contribution >= 4 is 5.91 Å². The molecule has 1 unspecified atom stereocenters. The molecule has 5 rings (SSSR count). The second kappa shape index (κ2) is 7.68. The van der Waals surface area contributed by atoms with Crippen molar-refractivity contribution in [3.63, 3.8) is 0 Å². The van der Waals surface area contributed by atoms with Gasteiger partial charge in [-0.2, -0.15) is 5.10 Å². The molecule has 3 aromatic carbocycles. The van der Waals surface area contributed by atoms with Gasteiger partial charge in [-0.3, -0.25) is 9.89 Å². The smallest absolute Gasteiger partial charge is 0.273 e. The van der Waals surface area contributed by atoms with E-state index in [-0.39, 0.29) is 17.7 Å². The molecule has 1 atom stereocenters. The summed E-state index contributed by atoms with van der Waals surface area (Å²) in [6.45, 7) is 6.45. The van der Waals surface area contributed by atoms with Crippen molar-refractivity contribution in [2.24, 2.45) is 0 Å². The van der Waals surface area contributed by atoms with Crippen molar-refractivity contribution in [3.05, 3.63) is 106 Å². The van der Waals surface area contributed by atoms with Gasteiger partial charge in [0.05, 0.1) is 6.04 Å². The lowest BCUT2D eigenvalue weighted by molar-refractivity contribution is 0.0730. The van der Waals surface area contributed by atoms with E-state index in [1.807, 2.05) is 62.1 Å². The predicted molar refractivity (Wildman–Crippen MR) is 124 cm³/mol. The standard InChI is InChI=1S/C27H25N3O2/c1-16-9-11-20(12-10-16)26-23-24(22-18(3)13-17(2)14-21(22)31)28-29-25(23)27(32)30(26)15-19-7-5-4-6-8-19/h4-14,26,31H,15H2,1-3H3,(H,28,29). The summed E-state index contributed by atoms with van der Waals surface area (Å²) in [4.78, 5) is 15.4. The monoisotopic (exact) mass is 423 g/mol. The van der Waals surface area contributed by atoms with E-state index in [1.165, 1.54) is 0 Å². The molecular formula is C27H25N3O2. The number of nitrogens with one attached hydrogen (secondary N) is 1. The summed E-state index contributed by atoms with van der Waals surface area (Å²) in [5, 5.41) is 18.3. The maximum atomic E-state index is 13.5. The van der Waals surface area contributed by atoms with E-state index in [9.17, 15) is 9.90 Å². The number of aryl methyl sites for hydroxylation is 3. The van der Waals surface area contributed by atoms with E-state index >= 15 is 0 Å². The summed E-state index contributed by atoms with van der Waals surface area (Å²) in [6.07, 6.45) is 0. The lowest BCUT2D eigenvalue weighted by Gasteiger charge is -2.27. The molecule has 32 heavy (non-hydrogen) atoms. The number of fused-ring (bicyclic) bond motifs is 1. The summed E-state index contributed by atoms with van der Waals surface area (Å²) >= 11 is 0. The zero-order chi connectivity index (χ0) is 22.4. The average Bonchev–Trinajstić information content (AvgIpc) is 3.29. The maximum absolute atomic E-state index is 13.5. The van der Waals surface area contributed by atoms with Crippen LogP contribution in [-0.2, 0) is 6.54 Å². The number of carbonyl (C=O) groups is 1. The highest BCUT2D eigenvalue weighted by Gasteiger charge is 2.42. The topological polar surface area (TPSA) is 69.2 Å². The Morgan fingerprint density at radius 1 is 0.969 bits per heavy atom. The van der Waals surface area contributed by atoms with Crippen LogP contribution < -0.4 is 0 Å². The minimum absolute atomic E-state index is 0.0857. The number of phenolic OH excluding ortho intramolecular Hbond substituents is 1. The number of nitrogens with zero attached hydrogens (tertiary/aromatic N) is 2. The first-order chi connectivity index (χ1) is 15.4. The van der Waals surface area contributed by atoms with Gasteiger partial charge in [0, 0.05) is 17.7 Å². The van der Waals surface area contributed by atoms with Crippen LogP contribution in [0, 0.1) is 20.8 Å². The van der Waals surface area contributed by atoms with Gasteiger partial charge in [0.1, 0.15) is 17.1 Å². The number of aromatic hydroxyl groups is 1. The number of aromatic nitrogens is 2. The first-order valence-electron chi connectivity index (χ1n) is 10.7. The number of H-pyrrole nitrogens is 1. The fourth-order valence-electron chi connectivity index (χ4n) is 4.68. The normalized spacial score (nSPS) is 15.3. The van der Waals surface area contributed by atoms with Gasteiger partial charge in [-0.1, -0.05) is 66.2 Å². The first kappa shape index (κ1) is 20.1. The Labute approximate surface area is 187 Å². The molecule has 5 heteroatoms. The zero-order valence-corrected chi connectivity index (χ0v) is 18.4. The summed E-state index contributed by atoms with van der Waals surface area (Å²) in [7, 11) is 0. The zero-order valence-electron chi connectivity index (χ0n) is 18.4. The van der Waals surface area contributed by atoms with Crippen molar-refractivity contribution in [2.75, 3.05) is 0 Å². The average molecular weight is 424 g/mol. The Hall–Kier alpha value is -3.86. The van der Waals surface area contributed by atoms with Gasteiger partial charge < -0.3 is 10.0 Å². The van der Waals surface area contributed by atoms with Crippen molar-refractivity contribution in [3.8, 4) is 17.0 Å². The highest BCUT2D eigenvalue weighted by atomic mass is 16.3. The lowest BCUT2D eigenvalue weighted by Crippen LogP contribution is -2.29. The number of benzene rings is 3. The van der Waals surface area contributed by atoms with E-state index in [4.69, 9.17) is 0 Å². The van der Waals surface area contributed by atoms with Crippen molar-refractivity contribution in [2.45, 2.75) is 33.4 Å². The predicted octanol–water partition coefficient (Wildman–Crippen LogP) is 5.45.